The number of halogens is 1. The van der Waals surface area contributed by atoms with Crippen LogP contribution in [0.1, 0.15) is 17.3 Å². The summed E-state index contributed by atoms with van der Waals surface area (Å²) in [6.45, 7) is 3.13. The predicted octanol–water partition coefficient (Wildman–Crippen LogP) is 3.31. The van der Waals surface area contributed by atoms with Gasteiger partial charge in [0.25, 0.3) is 5.91 Å². The van der Waals surface area contributed by atoms with E-state index in [9.17, 15) is 4.79 Å². The molecule has 0 aliphatic carbocycles. The number of carbonyl (C=O) groups is 1. The van der Waals surface area contributed by atoms with Crippen molar-refractivity contribution in [3.63, 3.8) is 0 Å². The lowest BCUT2D eigenvalue weighted by Gasteiger charge is -2.26. The zero-order chi connectivity index (χ0) is 16.9. The third kappa shape index (κ3) is 3.74. The van der Waals surface area contributed by atoms with Crippen LogP contribution in [-0.2, 0) is 0 Å². The van der Waals surface area contributed by atoms with Crippen LogP contribution in [0.5, 0.6) is 17.2 Å². The molecule has 1 aliphatic rings. The standard InChI is InChI=1S/C18H18ClNO4/c1-2-22-15-8-7-12(9-14(15)19)18(21)20-10-13-11-23-16-5-3-4-6-17(16)24-13/h3-9,13H,2,10-11H2,1H3,(H,20,21). The van der Waals surface area contributed by atoms with Crippen molar-refractivity contribution in [1.29, 1.82) is 0 Å². The summed E-state index contributed by atoms with van der Waals surface area (Å²) >= 11 is 6.11. The van der Waals surface area contributed by atoms with Crippen molar-refractivity contribution in [2.75, 3.05) is 19.8 Å². The van der Waals surface area contributed by atoms with Gasteiger partial charge in [0.1, 0.15) is 18.5 Å². The molecule has 1 aliphatic heterocycles. The number of amides is 1. The lowest BCUT2D eigenvalue weighted by atomic mass is 10.2. The van der Waals surface area contributed by atoms with E-state index in [0.29, 0.717) is 41.8 Å². The first-order valence-electron chi connectivity index (χ1n) is 7.76. The fourth-order valence-corrected chi connectivity index (χ4v) is 2.62. The van der Waals surface area contributed by atoms with Crippen molar-refractivity contribution in [2.45, 2.75) is 13.0 Å². The number of hydrogen-bond acceptors (Lipinski definition) is 4. The molecule has 1 heterocycles. The summed E-state index contributed by atoms with van der Waals surface area (Å²) < 4.78 is 16.8. The minimum Gasteiger partial charge on any atom is -0.492 e. The predicted molar refractivity (Wildman–Crippen MR) is 91.3 cm³/mol. The summed E-state index contributed by atoms with van der Waals surface area (Å²) in [6, 6.07) is 12.4. The van der Waals surface area contributed by atoms with Crippen molar-refractivity contribution >= 4 is 17.5 Å². The van der Waals surface area contributed by atoms with Gasteiger partial charge in [-0.1, -0.05) is 23.7 Å². The fourth-order valence-electron chi connectivity index (χ4n) is 2.39. The highest BCUT2D eigenvalue weighted by molar-refractivity contribution is 6.32. The van der Waals surface area contributed by atoms with Gasteiger partial charge in [0.15, 0.2) is 11.5 Å². The summed E-state index contributed by atoms with van der Waals surface area (Å²) in [5.41, 5.74) is 0.473. The Balaban J connectivity index is 1.57. The number of fused-ring (bicyclic) bond motifs is 1. The lowest BCUT2D eigenvalue weighted by Crippen LogP contribution is -2.40. The lowest BCUT2D eigenvalue weighted by molar-refractivity contribution is 0.0789. The average molecular weight is 348 g/mol. The van der Waals surface area contributed by atoms with Crippen molar-refractivity contribution < 1.29 is 19.0 Å². The molecule has 5 nitrogen and oxygen atoms in total. The Morgan fingerprint density at radius 3 is 2.83 bits per heavy atom. The molecule has 2 aromatic carbocycles. The van der Waals surface area contributed by atoms with Crippen LogP contribution in [0.2, 0.25) is 5.02 Å². The summed E-state index contributed by atoms with van der Waals surface area (Å²) in [5.74, 6) is 1.75. The molecule has 1 N–H and O–H groups in total. The summed E-state index contributed by atoms with van der Waals surface area (Å²) in [5, 5.41) is 3.25. The van der Waals surface area contributed by atoms with Crippen LogP contribution in [0.25, 0.3) is 0 Å². The first-order chi connectivity index (χ1) is 11.7. The van der Waals surface area contributed by atoms with Crippen LogP contribution in [-0.4, -0.2) is 31.8 Å². The Labute approximate surface area is 145 Å². The zero-order valence-corrected chi connectivity index (χ0v) is 14.0. The molecule has 1 unspecified atom stereocenters. The molecular formula is C18H18ClNO4. The Hall–Kier alpha value is -2.40. The van der Waals surface area contributed by atoms with Gasteiger partial charge in [0.05, 0.1) is 18.2 Å². The van der Waals surface area contributed by atoms with Gasteiger partial charge in [-0.3, -0.25) is 4.79 Å². The third-order valence-electron chi connectivity index (χ3n) is 3.55. The van der Waals surface area contributed by atoms with E-state index in [-0.39, 0.29) is 12.0 Å². The summed E-state index contributed by atoms with van der Waals surface area (Å²) in [7, 11) is 0. The first kappa shape index (κ1) is 16.5. The maximum atomic E-state index is 12.2. The number of carbonyl (C=O) groups excluding carboxylic acids is 1. The SMILES string of the molecule is CCOc1ccc(C(=O)NCC2COc3ccccc3O2)cc1Cl. The van der Waals surface area contributed by atoms with E-state index in [1.54, 1.807) is 18.2 Å². The van der Waals surface area contributed by atoms with E-state index in [2.05, 4.69) is 5.32 Å². The molecule has 6 heteroatoms. The van der Waals surface area contributed by atoms with E-state index in [4.69, 9.17) is 25.8 Å². The van der Waals surface area contributed by atoms with E-state index in [1.165, 1.54) is 0 Å². The van der Waals surface area contributed by atoms with Gasteiger partial charge in [0.2, 0.25) is 0 Å². The van der Waals surface area contributed by atoms with Crippen LogP contribution < -0.4 is 19.5 Å². The molecule has 1 amide bonds. The molecule has 3 rings (SSSR count). The summed E-state index contributed by atoms with van der Waals surface area (Å²) in [4.78, 5) is 12.2. The van der Waals surface area contributed by atoms with Crippen LogP contribution in [0.15, 0.2) is 42.5 Å². The van der Waals surface area contributed by atoms with Gasteiger partial charge in [-0.05, 0) is 37.3 Å². The van der Waals surface area contributed by atoms with Crippen LogP contribution in [0.4, 0.5) is 0 Å². The Morgan fingerprint density at radius 2 is 2.08 bits per heavy atom. The molecule has 0 fully saturated rings. The molecule has 0 spiro atoms. The van der Waals surface area contributed by atoms with Crippen LogP contribution in [0.3, 0.4) is 0 Å². The fraction of sp³-hybridized carbons (Fsp3) is 0.278. The zero-order valence-electron chi connectivity index (χ0n) is 13.3. The molecule has 0 bridgehead atoms. The molecule has 0 radical (unpaired) electrons. The van der Waals surface area contributed by atoms with Gasteiger partial charge < -0.3 is 19.5 Å². The topological polar surface area (TPSA) is 56.8 Å². The van der Waals surface area contributed by atoms with Crippen molar-refractivity contribution in [3.8, 4) is 17.2 Å². The maximum absolute atomic E-state index is 12.2. The molecule has 1 atom stereocenters. The quantitative estimate of drug-likeness (QED) is 0.901. The molecule has 2 aromatic rings. The maximum Gasteiger partial charge on any atom is 0.251 e. The second-order valence-electron chi connectivity index (χ2n) is 5.29. The second kappa shape index (κ2) is 7.45. The Kier molecular flexibility index (Phi) is 5.11. The average Bonchev–Trinajstić information content (AvgIpc) is 2.61. The van der Waals surface area contributed by atoms with Gasteiger partial charge in [-0.15, -0.1) is 0 Å². The molecule has 0 saturated heterocycles. The number of hydrogen-bond donors (Lipinski definition) is 1. The van der Waals surface area contributed by atoms with E-state index in [0.717, 1.165) is 5.75 Å². The van der Waals surface area contributed by atoms with Gasteiger partial charge in [-0.2, -0.15) is 0 Å². The first-order valence-corrected chi connectivity index (χ1v) is 8.14. The van der Waals surface area contributed by atoms with E-state index >= 15 is 0 Å². The van der Waals surface area contributed by atoms with Crippen molar-refractivity contribution in [2.24, 2.45) is 0 Å². The molecule has 126 valence electrons. The highest BCUT2D eigenvalue weighted by atomic mass is 35.5. The molecule has 0 aromatic heterocycles. The minimum atomic E-state index is -0.234. The summed E-state index contributed by atoms with van der Waals surface area (Å²) in [6.07, 6.45) is -0.234. The monoisotopic (exact) mass is 347 g/mol. The largest absolute Gasteiger partial charge is 0.492 e. The minimum absolute atomic E-state index is 0.220. The number of nitrogens with one attached hydrogen (secondary N) is 1. The van der Waals surface area contributed by atoms with Crippen molar-refractivity contribution in [3.05, 3.63) is 53.1 Å². The number of benzene rings is 2. The number of rotatable bonds is 5. The molecule has 24 heavy (non-hydrogen) atoms. The third-order valence-corrected chi connectivity index (χ3v) is 3.85. The Bertz CT molecular complexity index is 735. The van der Waals surface area contributed by atoms with Crippen LogP contribution >= 0.6 is 11.6 Å². The van der Waals surface area contributed by atoms with Gasteiger partial charge in [-0.25, -0.2) is 0 Å². The number of ether oxygens (including phenoxy) is 3. The smallest absolute Gasteiger partial charge is 0.251 e. The molecule has 0 saturated carbocycles. The van der Waals surface area contributed by atoms with Crippen molar-refractivity contribution in [1.82, 2.24) is 5.32 Å². The Morgan fingerprint density at radius 1 is 1.29 bits per heavy atom. The van der Waals surface area contributed by atoms with Gasteiger partial charge in [0, 0.05) is 5.56 Å². The van der Waals surface area contributed by atoms with E-state index < -0.39 is 0 Å². The van der Waals surface area contributed by atoms with Crippen LogP contribution in [0, 0.1) is 0 Å². The highest BCUT2D eigenvalue weighted by Gasteiger charge is 2.21. The normalized spacial score (nSPS) is 15.7. The van der Waals surface area contributed by atoms with E-state index in [1.807, 2.05) is 31.2 Å². The second-order valence-corrected chi connectivity index (χ2v) is 5.69. The van der Waals surface area contributed by atoms with Gasteiger partial charge >= 0.3 is 0 Å². The molecular weight excluding hydrogens is 330 g/mol. The highest BCUT2D eigenvalue weighted by Crippen LogP contribution is 2.30. The number of para-hydroxylation sites is 2.